The topological polar surface area (TPSA) is 78.8 Å². The number of aromatic nitrogens is 4. The van der Waals surface area contributed by atoms with Gasteiger partial charge in [-0.1, -0.05) is 11.6 Å². The van der Waals surface area contributed by atoms with Crippen LogP contribution in [0.25, 0.3) is 11.4 Å². The molecular formula is C13H19N5O. The van der Waals surface area contributed by atoms with E-state index in [1.807, 2.05) is 25.1 Å². The lowest BCUT2D eigenvalue weighted by Crippen LogP contribution is -2.05. The zero-order valence-corrected chi connectivity index (χ0v) is 11.3. The predicted octanol–water partition coefficient (Wildman–Crippen LogP) is 1.66. The Balaban J connectivity index is 2.16. The van der Waals surface area contributed by atoms with E-state index in [-0.39, 0.29) is 0 Å². The molecular weight excluding hydrogens is 242 g/mol. The van der Waals surface area contributed by atoms with Gasteiger partial charge < -0.3 is 10.5 Å². The minimum atomic E-state index is 0.693. The lowest BCUT2D eigenvalue weighted by Gasteiger charge is -2.07. The summed E-state index contributed by atoms with van der Waals surface area (Å²) in [5.74, 6) is 0.721. The normalized spacial score (nSPS) is 10.8. The van der Waals surface area contributed by atoms with Crippen molar-refractivity contribution in [2.24, 2.45) is 0 Å². The standard InChI is InChI=1S/C13H19N5O/c1-10-5-6-12(14)11(9-10)13-15-16-17-18(13)7-3-4-8-19-2/h5-6,9H,3-4,7-8,14H2,1-2H3. The summed E-state index contributed by atoms with van der Waals surface area (Å²) in [5.41, 5.74) is 8.71. The van der Waals surface area contributed by atoms with Crippen molar-refractivity contribution in [2.75, 3.05) is 19.5 Å². The van der Waals surface area contributed by atoms with Crippen LogP contribution in [0.3, 0.4) is 0 Å². The highest BCUT2D eigenvalue weighted by Gasteiger charge is 2.11. The Bertz CT molecular complexity index is 538. The van der Waals surface area contributed by atoms with Gasteiger partial charge in [0.2, 0.25) is 0 Å². The van der Waals surface area contributed by atoms with Crippen molar-refractivity contribution in [3.63, 3.8) is 0 Å². The van der Waals surface area contributed by atoms with Gasteiger partial charge in [0.05, 0.1) is 0 Å². The lowest BCUT2D eigenvalue weighted by molar-refractivity contribution is 0.191. The molecule has 2 aromatic rings. The number of unbranched alkanes of at least 4 members (excludes halogenated alkanes) is 1. The van der Waals surface area contributed by atoms with E-state index >= 15 is 0 Å². The van der Waals surface area contributed by atoms with Gasteiger partial charge in [-0.3, -0.25) is 0 Å². The molecule has 0 spiro atoms. The fourth-order valence-electron chi connectivity index (χ4n) is 1.92. The molecule has 0 saturated carbocycles. The molecule has 102 valence electrons. The molecule has 0 bridgehead atoms. The number of nitrogens with two attached hydrogens (primary N) is 1. The Morgan fingerprint density at radius 3 is 2.95 bits per heavy atom. The summed E-state index contributed by atoms with van der Waals surface area (Å²) >= 11 is 0. The minimum absolute atomic E-state index is 0.693. The first-order chi connectivity index (χ1) is 9.22. The van der Waals surface area contributed by atoms with E-state index in [9.17, 15) is 0 Å². The molecule has 2 rings (SSSR count). The first-order valence-corrected chi connectivity index (χ1v) is 6.34. The monoisotopic (exact) mass is 261 g/mol. The fourth-order valence-corrected chi connectivity index (χ4v) is 1.92. The molecule has 6 nitrogen and oxygen atoms in total. The molecule has 0 saturated heterocycles. The van der Waals surface area contributed by atoms with Crippen LogP contribution in [0.1, 0.15) is 18.4 Å². The highest BCUT2D eigenvalue weighted by Crippen LogP contribution is 2.24. The van der Waals surface area contributed by atoms with Gasteiger partial charge in [0.25, 0.3) is 0 Å². The SMILES string of the molecule is COCCCCn1nnnc1-c1cc(C)ccc1N. The van der Waals surface area contributed by atoms with Crippen LogP contribution in [0, 0.1) is 6.92 Å². The highest BCUT2D eigenvalue weighted by molar-refractivity contribution is 5.71. The van der Waals surface area contributed by atoms with E-state index in [2.05, 4.69) is 15.5 Å². The largest absolute Gasteiger partial charge is 0.398 e. The van der Waals surface area contributed by atoms with Gasteiger partial charge in [-0.15, -0.1) is 5.10 Å². The Kier molecular flexibility index (Phi) is 4.46. The summed E-state index contributed by atoms with van der Waals surface area (Å²) in [6.45, 7) is 3.54. The third-order valence-electron chi connectivity index (χ3n) is 2.95. The van der Waals surface area contributed by atoms with Gasteiger partial charge in [0, 0.05) is 31.5 Å². The van der Waals surface area contributed by atoms with Crippen LogP contribution >= 0.6 is 0 Å². The molecule has 1 aromatic heterocycles. The van der Waals surface area contributed by atoms with Crippen LogP contribution in [-0.2, 0) is 11.3 Å². The second-order valence-electron chi connectivity index (χ2n) is 4.52. The first-order valence-electron chi connectivity index (χ1n) is 6.34. The Hall–Kier alpha value is -1.95. The van der Waals surface area contributed by atoms with E-state index in [0.29, 0.717) is 5.69 Å². The van der Waals surface area contributed by atoms with Crippen LogP contribution in [0.5, 0.6) is 0 Å². The first kappa shape index (κ1) is 13.5. The molecule has 0 unspecified atom stereocenters. The zero-order valence-electron chi connectivity index (χ0n) is 11.3. The average Bonchev–Trinajstić information content (AvgIpc) is 2.86. The number of hydrogen-bond donors (Lipinski definition) is 1. The van der Waals surface area contributed by atoms with Crippen LogP contribution in [-0.4, -0.2) is 33.9 Å². The van der Waals surface area contributed by atoms with E-state index in [4.69, 9.17) is 10.5 Å². The Morgan fingerprint density at radius 1 is 1.32 bits per heavy atom. The molecule has 2 N–H and O–H groups in total. The number of benzene rings is 1. The molecule has 0 radical (unpaired) electrons. The third kappa shape index (κ3) is 3.29. The van der Waals surface area contributed by atoms with Crippen molar-refractivity contribution < 1.29 is 4.74 Å². The van der Waals surface area contributed by atoms with Gasteiger partial charge in [-0.05, 0) is 42.3 Å². The molecule has 0 atom stereocenters. The summed E-state index contributed by atoms with van der Waals surface area (Å²) in [5, 5.41) is 11.8. The van der Waals surface area contributed by atoms with E-state index in [1.54, 1.807) is 11.8 Å². The number of rotatable bonds is 6. The maximum Gasteiger partial charge on any atom is 0.184 e. The number of tetrazole rings is 1. The molecule has 1 heterocycles. The molecule has 0 fully saturated rings. The van der Waals surface area contributed by atoms with Crippen molar-refractivity contribution in [1.82, 2.24) is 20.2 Å². The zero-order chi connectivity index (χ0) is 13.7. The van der Waals surface area contributed by atoms with Crippen LogP contribution < -0.4 is 5.73 Å². The maximum absolute atomic E-state index is 6.00. The predicted molar refractivity (Wildman–Crippen MR) is 73.5 cm³/mol. The second-order valence-corrected chi connectivity index (χ2v) is 4.52. The molecule has 19 heavy (non-hydrogen) atoms. The number of aryl methyl sites for hydroxylation is 2. The van der Waals surface area contributed by atoms with E-state index in [1.165, 1.54) is 0 Å². The smallest absolute Gasteiger partial charge is 0.184 e. The summed E-state index contributed by atoms with van der Waals surface area (Å²) in [6.07, 6.45) is 1.96. The number of methoxy groups -OCH3 is 1. The van der Waals surface area contributed by atoms with E-state index < -0.39 is 0 Å². The maximum atomic E-state index is 6.00. The van der Waals surface area contributed by atoms with E-state index in [0.717, 1.165) is 42.9 Å². The molecule has 0 aliphatic rings. The molecule has 0 aliphatic carbocycles. The van der Waals surface area contributed by atoms with Crippen molar-refractivity contribution in [2.45, 2.75) is 26.3 Å². The summed E-state index contributed by atoms with van der Waals surface area (Å²) in [7, 11) is 1.70. The van der Waals surface area contributed by atoms with Crippen molar-refractivity contribution in [3.05, 3.63) is 23.8 Å². The van der Waals surface area contributed by atoms with Gasteiger partial charge in [-0.25, -0.2) is 4.68 Å². The number of nitrogens with zero attached hydrogens (tertiary/aromatic N) is 4. The Labute approximate surface area is 112 Å². The number of anilines is 1. The van der Waals surface area contributed by atoms with Crippen molar-refractivity contribution in [1.29, 1.82) is 0 Å². The molecule has 6 heteroatoms. The number of hydrogen-bond acceptors (Lipinski definition) is 5. The molecule has 0 aliphatic heterocycles. The Morgan fingerprint density at radius 2 is 2.16 bits per heavy atom. The summed E-state index contributed by atoms with van der Waals surface area (Å²) in [4.78, 5) is 0. The van der Waals surface area contributed by atoms with Crippen LogP contribution in [0.15, 0.2) is 18.2 Å². The second kappa shape index (κ2) is 6.29. The number of ether oxygens (including phenoxy) is 1. The van der Waals surface area contributed by atoms with Gasteiger partial charge in [0.1, 0.15) is 0 Å². The quantitative estimate of drug-likeness (QED) is 0.632. The number of nitrogen functional groups attached to an aromatic ring is 1. The van der Waals surface area contributed by atoms with Gasteiger partial charge in [0.15, 0.2) is 5.82 Å². The lowest BCUT2D eigenvalue weighted by atomic mass is 10.1. The van der Waals surface area contributed by atoms with Gasteiger partial charge >= 0.3 is 0 Å². The van der Waals surface area contributed by atoms with Crippen molar-refractivity contribution >= 4 is 5.69 Å². The highest BCUT2D eigenvalue weighted by atomic mass is 16.5. The summed E-state index contributed by atoms with van der Waals surface area (Å²) in [6, 6.07) is 5.87. The van der Waals surface area contributed by atoms with Crippen LogP contribution in [0.4, 0.5) is 5.69 Å². The summed E-state index contributed by atoms with van der Waals surface area (Å²) < 4.78 is 6.82. The third-order valence-corrected chi connectivity index (χ3v) is 2.95. The average molecular weight is 261 g/mol. The molecule has 1 aromatic carbocycles. The minimum Gasteiger partial charge on any atom is -0.398 e. The fraction of sp³-hybridized carbons (Fsp3) is 0.462. The van der Waals surface area contributed by atoms with Gasteiger partial charge in [-0.2, -0.15) is 0 Å². The van der Waals surface area contributed by atoms with Crippen molar-refractivity contribution in [3.8, 4) is 11.4 Å². The molecule has 0 amide bonds. The van der Waals surface area contributed by atoms with Crippen LogP contribution in [0.2, 0.25) is 0 Å².